The summed E-state index contributed by atoms with van der Waals surface area (Å²) in [6.45, 7) is 11.0. The molecule has 1 rings (SSSR count). The third kappa shape index (κ3) is 4.63. The molecule has 0 unspecified atom stereocenters. The van der Waals surface area contributed by atoms with Gasteiger partial charge in [-0.25, -0.2) is 4.79 Å². The Morgan fingerprint density at radius 1 is 1.06 bits per heavy atom. The fourth-order valence-electron chi connectivity index (χ4n) is 1.68. The normalized spacial score (nSPS) is 16.9. The van der Waals surface area contributed by atoms with Crippen LogP contribution in [0.5, 0.6) is 0 Å². The van der Waals surface area contributed by atoms with Gasteiger partial charge in [0.15, 0.2) is 0 Å². The van der Waals surface area contributed by atoms with Crippen LogP contribution in [0.2, 0.25) is 0 Å². The standard InChI is InChI=1S/C12H23N3O2/c1-10(16)14-5-7-15(8-6-14)11(17)13-9-12(2,3)4/h5-9H2,1-4H3,(H,13,17). The van der Waals surface area contributed by atoms with E-state index in [1.165, 1.54) is 0 Å². The van der Waals surface area contributed by atoms with E-state index < -0.39 is 0 Å². The van der Waals surface area contributed by atoms with Gasteiger partial charge in [0.25, 0.3) is 0 Å². The van der Waals surface area contributed by atoms with Gasteiger partial charge in [-0.2, -0.15) is 0 Å². The van der Waals surface area contributed by atoms with E-state index in [1.54, 1.807) is 16.7 Å². The lowest BCUT2D eigenvalue weighted by Crippen LogP contribution is -2.53. The number of nitrogens with one attached hydrogen (secondary N) is 1. The van der Waals surface area contributed by atoms with Gasteiger partial charge in [0.05, 0.1) is 0 Å². The van der Waals surface area contributed by atoms with Gasteiger partial charge in [0.1, 0.15) is 0 Å². The quantitative estimate of drug-likeness (QED) is 0.742. The third-order valence-electron chi connectivity index (χ3n) is 2.78. The summed E-state index contributed by atoms with van der Waals surface area (Å²) in [7, 11) is 0. The number of rotatable bonds is 1. The van der Waals surface area contributed by atoms with Crippen LogP contribution in [0.4, 0.5) is 4.79 Å². The van der Waals surface area contributed by atoms with Crippen LogP contribution >= 0.6 is 0 Å². The zero-order valence-electron chi connectivity index (χ0n) is 11.2. The van der Waals surface area contributed by atoms with Gasteiger partial charge in [0.2, 0.25) is 5.91 Å². The Kier molecular flexibility index (Phi) is 4.37. The molecule has 0 aromatic rings. The average molecular weight is 241 g/mol. The summed E-state index contributed by atoms with van der Waals surface area (Å²) < 4.78 is 0. The highest BCUT2D eigenvalue weighted by Crippen LogP contribution is 2.11. The molecule has 1 heterocycles. The van der Waals surface area contributed by atoms with Gasteiger partial charge in [0, 0.05) is 39.6 Å². The monoisotopic (exact) mass is 241 g/mol. The Hall–Kier alpha value is -1.26. The second kappa shape index (κ2) is 5.38. The molecule has 1 N–H and O–H groups in total. The Morgan fingerprint density at radius 3 is 1.94 bits per heavy atom. The number of hydrogen-bond acceptors (Lipinski definition) is 2. The van der Waals surface area contributed by atoms with Crippen molar-refractivity contribution < 1.29 is 9.59 Å². The van der Waals surface area contributed by atoms with E-state index in [2.05, 4.69) is 26.1 Å². The van der Waals surface area contributed by atoms with Crippen molar-refractivity contribution in [1.29, 1.82) is 0 Å². The molecule has 1 saturated heterocycles. The molecular weight excluding hydrogens is 218 g/mol. The van der Waals surface area contributed by atoms with Gasteiger partial charge < -0.3 is 15.1 Å². The Morgan fingerprint density at radius 2 is 1.53 bits per heavy atom. The van der Waals surface area contributed by atoms with Crippen LogP contribution in [0.3, 0.4) is 0 Å². The molecule has 0 radical (unpaired) electrons. The number of carbonyl (C=O) groups excluding carboxylic acids is 2. The summed E-state index contributed by atoms with van der Waals surface area (Å²) in [6, 6.07) is -0.0249. The summed E-state index contributed by atoms with van der Waals surface area (Å²) in [4.78, 5) is 26.5. The Labute approximate surface area is 103 Å². The lowest BCUT2D eigenvalue weighted by Gasteiger charge is -2.34. The molecule has 0 atom stereocenters. The molecule has 5 heteroatoms. The number of piperazine rings is 1. The van der Waals surface area contributed by atoms with Crippen molar-refractivity contribution in [1.82, 2.24) is 15.1 Å². The number of urea groups is 1. The minimum absolute atomic E-state index is 0.0249. The zero-order valence-corrected chi connectivity index (χ0v) is 11.2. The number of hydrogen-bond donors (Lipinski definition) is 1. The maximum absolute atomic E-state index is 11.8. The van der Waals surface area contributed by atoms with Gasteiger partial charge in [-0.3, -0.25) is 4.79 Å². The van der Waals surface area contributed by atoms with E-state index in [4.69, 9.17) is 0 Å². The highest BCUT2D eigenvalue weighted by molar-refractivity contribution is 5.76. The first kappa shape index (κ1) is 13.8. The van der Waals surface area contributed by atoms with Crippen molar-refractivity contribution in [2.24, 2.45) is 5.41 Å². The number of nitrogens with zero attached hydrogens (tertiary/aromatic N) is 2. The molecule has 1 aliphatic heterocycles. The Balaban J connectivity index is 2.33. The van der Waals surface area contributed by atoms with Crippen LogP contribution in [-0.2, 0) is 4.79 Å². The van der Waals surface area contributed by atoms with Crippen molar-refractivity contribution in [3.63, 3.8) is 0 Å². The molecular formula is C12H23N3O2. The molecule has 0 aliphatic carbocycles. The van der Waals surface area contributed by atoms with E-state index in [-0.39, 0.29) is 17.4 Å². The third-order valence-corrected chi connectivity index (χ3v) is 2.78. The lowest BCUT2D eigenvalue weighted by atomic mass is 9.97. The minimum atomic E-state index is -0.0249. The number of carbonyl (C=O) groups is 2. The lowest BCUT2D eigenvalue weighted by molar-refractivity contribution is -0.130. The minimum Gasteiger partial charge on any atom is -0.339 e. The fourth-order valence-corrected chi connectivity index (χ4v) is 1.68. The average Bonchev–Trinajstić information content (AvgIpc) is 2.25. The van der Waals surface area contributed by atoms with Crippen LogP contribution < -0.4 is 5.32 Å². The predicted molar refractivity (Wildman–Crippen MR) is 66.7 cm³/mol. The SMILES string of the molecule is CC(=O)N1CCN(C(=O)NCC(C)(C)C)CC1. The highest BCUT2D eigenvalue weighted by Gasteiger charge is 2.23. The van der Waals surface area contributed by atoms with Crippen molar-refractivity contribution in [3.05, 3.63) is 0 Å². The van der Waals surface area contributed by atoms with E-state index >= 15 is 0 Å². The van der Waals surface area contributed by atoms with Crippen molar-refractivity contribution in [3.8, 4) is 0 Å². The molecule has 0 spiro atoms. The van der Waals surface area contributed by atoms with Crippen LogP contribution in [0.1, 0.15) is 27.7 Å². The van der Waals surface area contributed by atoms with Gasteiger partial charge >= 0.3 is 6.03 Å². The van der Waals surface area contributed by atoms with Crippen LogP contribution in [0.15, 0.2) is 0 Å². The van der Waals surface area contributed by atoms with Crippen molar-refractivity contribution >= 4 is 11.9 Å². The van der Waals surface area contributed by atoms with E-state index in [9.17, 15) is 9.59 Å². The highest BCUT2D eigenvalue weighted by atomic mass is 16.2. The second-order valence-corrected chi connectivity index (χ2v) is 5.71. The van der Waals surface area contributed by atoms with E-state index in [0.29, 0.717) is 32.7 Å². The summed E-state index contributed by atoms with van der Waals surface area (Å²) in [5.41, 5.74) is 0.0941. The molecule has 0 aromatic carbocycles. The van der Waals surface area contributed by atoms with Gasteiger partial charge in [-0.05, 0) is 5.41 Å². The van der Waals surface area contributed by atoms with Crippen LogP contribution in [-0.4, -0.2) is 54.5 Å². The molecule has 1 fully saturated rings. The largest absolute Gasteiger partial charge is 0.339 e. The summed E-state index contributed by atoms with van der Waals surface area (Å²) in [6.07, 6.45) is 0. The Bertz CT molecular complexity index is 289. The smallest absolute Gasteiger partial charge is 0.317 e. The van der Waals surface area contributed by atoms with Crippen LogP contribution in [0, 0.1) is 5.41 Å². The predicted octanol–water partition coefficient (Wildman–Crippen LogP) is 0.906. The maximum Gasteiger partial charge on any atom is 0.317 e. The topological polar surface area (TPSA) is 52.7 Å². The summed E-state index contributed by atoms with van der Waals surface area (Å²) in [5, 5.41) is 2.92. The summed E-state index contributed by atoms with van der Waals surface area (Å²) >= 11 is 0. The first-order valence-corrected chi connectivity index (χ1v) is 6.08. The maximum atomic E-state index is 11.8. The molecule has 0 saturated carbocycles. The second-order valence-electron chi connectivity index (χ2n) is 5.71. The fraction of sp³-hybridized carbons (Fsp3) is 0.833. The van der Waals surface area contributed by atoms with E-state index in [0.717, 1.165) is 0 Å². The van der Waals surface area contributed by atoms with Gasteiger partial charge in [-0.1, -0.05) is 20.8 Å². The molecule has 3 amide bonds. The first-order chi connectivity index (χ1) is 7.79. The molecule has 0 bridgehead atoms. The van der Waals surface area contributed by atoms with E-state index in [1.807, 2.05) is 0 Å². The van der Waals surface area contributed by atoms with Crippen molar-refractivity contribution in [2.75, 3.05) is 32.7 Å². The molecule has 5 nitrogen and oxygen atoms in total. The van der Waals surface area contributed by atoms with Crippen molar-refractivity contribution in [2.45, 2.75) is 27.7 Å². The zero-order chi connectivity index (χ0) is 13.1. The summed E-state index contributed by atoms with van der Waals surface area (Å²) in [5.74, 6) is 0.0831. The van der Waals surface area contributed by atoms with Gasteiger partial charge in [-0.15, -0.1) is 0 Å². The molecule has 1 aliphatic rings. The first-order valence-electron chi connectivity index (χ1n) is 6.08. The molecule has 0 aromatic heterocycles. The molecule has 98 valence electrons. The number of amides is 3. The van der Waals surface area contributed by atoms with Crippen LogP contribution in [0.25, 0.3) is 0 Å². The molecule has 17 heavy (non-hydrogen) atoms.